The number of phenols is 1. The smallest absolute Gasteiger partial charge is 0.134 e. The van der Waals surface area contributed by atoms with E-state index in [2.05, 4.69) is 0 Å². The number of halogens is 1. The van der Waals surface area contributed by atoms with E-state index in [1.54, 1.807) is 6.07 Å². The molecule has 0 saturated carbocycles. The van der Waals surface area contributed by atoms with Crippen molar-refractivity contribution in [3.05, 3.63) is 28.8 Å². The zero-order valence-corrected chi connectivity index (χ0v) is 8.63. The van der Waals surface area contributed by atoms with Crippen molar-refractivity contribution in [2.75, 3.05) is 13.2 Å². The largest absolute Gasteiger partial charge is 0.506 e. The molecule has 0 aliphatic carbocycles. The zero-order chi connectivity index (χ0) is 9.97. The molecule has 1 aliphatic heterocycles. The van der Waals surface area contributed by atoms with Gasteiger partial charge in [0.05, 0.1) is 5.02 Å². The van der Waals surface area contributed by atoms with E-state index in [4.69, 9.17) is 16.3 Å². The lowest BCUT2D eigenvalue weighted by molar-refractivity contribution is 0.0853. The molecule has 0 amide bonds. The van der Waals surface area contributed by atoms with Gasteiger partial charge < -0.3 is 9.84 Å². The lowest BCUT2D eigenvalue weighted by Crippen LogP contribution is -2.13. The summed E-state index contributed by atoms with van der Waals surface area (Å²) >= 11 is 5.85. The third kappa shape index (κ3) is 2.02. The predicted octanol–water partition coefficient (Wildman–Crippen LogP) is 2.94. The summed E-state index contributed by atoms with van der Waals surface area (Å²) in [5, 5.41) is 9.72. The lowest BCUT2D eigenvalue weighted by Gasteiger charge is -2.22. The second kappa shape index (κ2) is 4.20. The topological polar surface area (TPSA) is 29.5 Å². The third-order valence-corrected chi connectivity index (χ3v) is 2.97. The summed E-state index contributed by atoms with van der Waals surface area (Å²) in [6, 6.07) is 5.46. The maximum Gasteiger partial charge on any atom is 0.134 e. The van der Waals surface area contributed by atoms with Crippen molar-refractivity contribution in [3.63, 3.8) is 0 Å². The molecule has 1 heterocycles. The minimum Gasteiger partial charge on any atom is -0.506 e. The summed E-state index contributed by atoms with van der Waals surface area (Å²) in [6.45, 7) is 1.65. The minimum absolute atomic E-state index is 0.155. The van der Waals surface area contributed by atoms with E-state index in [0.717, 1.165) is 26.1 Å². The Morgan fingerprint density at radius 2 is 2.00 bits per heavy atom. The van der Waals surface area contributed by atoms with Gasteiger partial charge in [0.1, 0.15) is 5.75 Å². The fourth-order valence-corrected chi connectivity index (χ4v) is 2.00. The van der Waals surface area contributed by atoms with Crippen molar-refractivity contribution in [1.82, 2.24) is 0 Å². The van der Waals surface area contributed by atoms with E-state index in [1.807, 2.05) is 12.1 Å². The van der Waals surface area contributed by atoms with Crippen LogP contribution in [0.2, 0.25) is 5.02 Å². The van der Waals surface area contributed by atoms with Gasteiger partial charge in [-0.3, -0.25) is 0 Å². The maximum atomic E-state index is 9.29. The molecule has 1 aromatic rings. The molecule has 0 atom stereocenters. The van der Waals surface area contributed by atoms with Crippen molar-refractivity contribution >= 4 is 11.6 Å². The van der Waals surface area contributed by atoms with E-state index < -0.39 is 0 Å². The fraction of sp³-hybridized carbons (Fsp3) is 0.455. The second-order valence-corrected chi connectivity index (χ2v) is 4.00. The SMILES string of the molecule is Oc1ccc(C2CCOCC2)cc1Cl. The first-order valence-corrected chi connectivity index (χ1v) is 5.21. The molecular formula is C11H13ClO2. The average Bonchev–Trinajstić information content (AvgIpc) is 2.23. The second-order valence-electron chi connectivity index (χ2n) is 3.60. The highest BCUT2D eigenvalue weighted by Gasteiger charge is 2.16. The molecule has 1 fully saturated rings. The summed E-state index contributed by atoms with van der Waals surface area (Å²) in [5.74, 6) is 0.685. The van der Waals surface area contributed by atoms with E-state index >= 15 is 0 Å². The van der Waals surface area contributed by atoms with Crippen LogP contribution in [0.5, 0.6) is 5.75 Å². The van der Waals surface area contributed by atoms with E-state index in [0.29, 0.717) is 10.9 Å². The predicted molar refractivity (Wildman–Crippen MR) is 55.9 cm³/mol. The highest BCUT2D eigenvalue weighted by Crippen LogP contribution is 2.32. The molecule has 1 aliphatic rings. The Morgan fingerprint density at radius 1 is 1.29 bits per heavy atom. The van der Waals surface area contributed by atoms with Gasteiger partial charge in [-0.05, 0) is 36.5 Å². The van der Waals surface area contributed by atoms with Gasteiger partial charge in [0.2, 0.25) is 0 Å². The van der Waals surface area contributed by atoms with Crippen molar-refractivity contribution in [2.45, 2.75) is 18.8 Å². The molecule has 0 radical (unpaired) electrons. The van der Waals surface area contributed by atoms with E-state index in [1.165, 1.54) is 5.56 Å². The number of phenolic OH excluding ortho intramolecular Hbond substituents is 1. The van der Waals surface area contributed by atoms with Gasteiger partial charge in [-0.15, -0.1) is 0 Å². The molecule has 1 N–H and O–H groups in total. The van der Waals surface area contributed by atoms with Crippen LogP contribution in [0.1, 0.15) is 24.3 Å². The normalized spacial score (nSPS) is 18.4. The van der Waals surface area contributed by atoms with Crippen molar-refractivity contribution < 1.29 is 9.84 Å². The van der Waals surface area contributed by atoms with Gasteiger partial charge in [-0.2, -0.15) is 0 Å². The highest BCUT2D eigenvalue weighted by molar-refractivity contribution is 6.32. The van der Waals surface area contributed by atoms with Crippen LogP contribution in [-0.4, -0.2) is 18.3 Å². The van der Waals surface area contributed by atoms with E-state index in [9.17, 15) is 5.11 Å². The molecule has 14 heavy (non-hydrogen) atoms. The quantitative estimate of drug-likeness (QED) is 0.776. The Hall–Kier alpha value is -0.730. The van der Waals surface area contributed by atoms with Crippen molar-refractivity contribution in [2.24, 2.45) is 0 Å². The third-order valence-electron chi connectivity index (χ3n) is 2.66. The molecule has 0 bridgehead atoms. The molecule has 76 valence electrons. The van der Waals surface area contributed by atoms with Gasteiger partial charge in [-0.1, -0.05) is 17.7 Å². The van der Waals surface area contributed by atoms with Gasteiger partial charge >= 0.3 is 0 Å². The molecule has 0 aromatic heterocycles. The fourth-order valence-electron chi connectivity index (χ4n) is 1.81. The number of hydrogen-bond acceptors (Lipinski definition) is 2. The van der Waals surface area contributed by atoms with Crippen molar-refractivity contribution in [1.29, 1.82) is 0 Å². The highest BCUT2D eigenvalue weighted by atomic mass is 35.5. The molecule has 0 unspecified atom stereocenters. The number of hydrogen-bond donors (Lipinski definition) is 1. The number of rotatable bonds is 1. The van der Waals surface area contributed by atoms with E-state index in [-0.39, 0.29) is 5.75 Å². The molecular weight excluding hydrogens is 200 g/mol. The van der Waals surface area contributed by atoms with Gasteiger partial charge in [-0.25, -0.2) is 0 Å². The molecule has 0 spiro atoms. The van der Waals surface area contributed by atoms with Crippen LogP contribution in [0.25, 0.3) is 0 Å². The molecule has 2 nitrogen and oxygen atoms in total. The van der Waals surface area contributed by atoms with Crippen LogP contribution in [0.3, 0.4) is 0 Å². The number of benzene rings is 1. The van der Waals surface area contributed by atoms with Gasteiger partial charge in [0.25, 0.3) is 0 Å². The Kier molecular flexibility index (Phi) is 2.94. The van der Waals surface area contributed by atoms with Crippen LogP contribution in [0.15, 0.2) is 18.2 Å². The van der Waals surface area contributed by atoms with Gasteiger partial charge in [0, 0.05) is 13.2 Å². The molecule has 2 rings (SSSR count). The molecule has 1 aromatic carbocycles. The summed E-state index contributed by atoms with van der Waals surface area (Å²) in [7, 11) is 0. The Bertz CT molecular complexity index is 319. The Labute approximate surface area is 88.5 Å². The zero-order valence-electron chi connectivity index (χ0n) is 7.87. The molecule has 1 saturated heterocycles. The molecule has 3 heteroatoms. The summed E-state index contributed by atoms with van der Waals surface area (Å²) in [4.78, 5) is 0. The Balaban J connectivity index is 2.18. The van der Waals surface area contributed by atoms with Crippen LogP contribution < -0.4 is 0 Å². The first-order chi connectivity index (χ1) is 6.77. The van der Waals surface area contributed by atoms with Crippen LogP contribution in [0, 0.1) is 0 Å². The summed E-state index contributed by atoms with van der Waals surface area (Å²) in [6.07, 6.45) is 2.09. The average molecular weight is 213 g/mol. The minimum atomic E-state index is 0.155. The first kappa shape index (κ1) is 9.81. The summed E-state index contributed by atoms with van der Waals surface area (Å²) in [5.41, 5.74) is 1.20. The standard InChI is InChI=1S/C11H13ClO2/c12-10-7-9(1-2-11(10)13)8-3-5-14-6-4-8/h1-2,7-8,13H,3-6H2. The number of ether oxygens (including phenoxy) is 1. The monoisotopic (exact) mass is 212 g/mol. The Morgan fingerprint density at radius 3 is 2.64 bits per heavy atom. The van der Waals surface area contributed by atoms with Crippen LogP contribution in [0.4, 0.5) is 0 Å². The van der Waals surface area contributed by atoms with Crippen LogP contribution >= 0.6 is 11.6 Å². The van der Waals surface area contributed by atoms with Crippen molar-refractivity contribution in [3.8, 4) is 5.75 Å². The number of aromatic hydroxyl groups is 1. The maximum absolute atomic E-state index is 9.29. The van der Waals surface area contributed by atoms with Crippen LogP contribution in [-0.2, 0) is 4.74 Å². The summed E-state index contributed by atoms with van der Waals surface area (Å²) < 4.78 is 5.29. The lowest BCUT2D eigenvalue weighted by atomic mass is 9.92. The van der Waals surface area contributed by atoms with Gasteiger partial charge in [0.15, 0.2) is 0 Å². The first-order valence-electron chi connectivity index (χ1n) is 4.83.